The Hall–Kier alpha value is -0.910. The largest absolute Gasteiger partial charge is 0.314 e. The molecule has 2 aliphatic rings. The molecule has 1 amide bonds. The van der Waals surface area contributed by atoms with Crippen molar-refractivity contribution in [3.05, 3.63) is 0 Å². The van der Waals surface area contributed by atoms with Crippen LogP contribution in [0.4, 0.5) is 0 Å². The van der Waals surface area contributed by atoms with Gasteiger partial charge in [-0.15, -0.1) is 0 Å². The second-order valence-corrected chi connectivity index (χ2v) is 6.88. The number of β-lactam (4-membered cyclic amide) rings is 1. The Morgan fingerprint density at radius 1 is 1.50 bits per heavy atom. The molecule has 6 heteroatoms. The van der Waals surface area contributed by atoms with Crippen molar-refractivity contribution < 1.29 is 18.0 Å². The van der Waals surface area contributed by atoms with Crippen LogP contribution in [0, 0.1) is 0 Å². The van der Waals surface area contributed by atoms with Gasteiger partial charge in [-0.1, -0.05) is 0 Å². The first-order valence-corrected chi connectivity index (χ1v) is 5.88. The molecule has 0 aliphatic carbocycles. The molecule has 2 fully saturated rings. The molecular weight excluding hydrogens is 206 g/mol. The maximum Gasteiger partial charge on any atom is 0.227 e. The average Bonchev–Trinajstić information content (AvgIpc) is 2.19. The summed E-state index contributed by atoms with van der Waals surface area (Å²) in [5, 5.41) is -0.764. The third-order valence-corrected chi connectivity index (χ3v) is 6.00. The molecule has 14 heavy (non-hydrogen) atoms. The van der Waals surface area contributed by atoms with Gasteiger partial charge in [0.25, 0.3) is 0 Å². The van der Waals surface area contributed by atoms with Gasteiger partial charge in [-0.3, -0.25) is 4.79 Å². The number of nitrogens with zero attached hydrogens (tertiary/aromatic N) is 1. The molecule has 0 N–H and O–H groups in total. The maximum atomic E-state index is 11.8. The predicted octanol–water partition coefficient (Wildman–Crippen LogP) is -0.681. The van der Waals surface area contributed by atoms with Crippen LogP contribution < -0.4 is 0 Å². The van der Waals surface area contributed by atoms with E-state index >= 15 is 0 Å². The fourth-order valence-electron chi connectivity index (χ4n) is 2.08. The van der Waals surface area contributed by atoms with Gasteiger partial charge in [0, 0.05) is 0 Å². The number of hydrogen-bond acceptors (Lipinski definition) is 4. The Balaban J connectivity index is 2.56. The molecule has 2 atom stereocenters. The van der Waals surface area contributed by atoms with E-state index in [-0.39, 0.29) is 12.3 Å². The molecular formula is C8H11NO4S. The lowest BCUT2D eigenvalue weighted by molar-refractivity contribution is -0.146. The van der Waals surface area contributed by atoms with Crippen LogP contribution in [0.15, 0.2) is 0 Å². The van der Waals surface area contributed by atoms with Gasteiger partial charge in [0.1, 0.15) is 17.7 Å². The number of sulfone groups is 1. The van der Waals surface area contributed by atoms with Crippen LogP contribution in [0.3, 0.4) is 0 Å². The van der Waals surface area contributed by atoms with Gasteiger partial charge in [-0.25, -0.2) is 8.42 Å². The molecule has 0 saturated carbocycles. The van der Waals surface area contributed by atoms with Crippen molar-refractivity contribution in [3.63, 3.8) is 0 Å². The summed E-state index contributed by atoms with van der Waals surface area (Å²) in [6, 6.07) is -0.821. The Morgan fingerprint density at radius 3 is 2.43 bits per heavy atom. The lowest BCUT2D eigenvalue weighted by atomic mass is 10.00. The highest BCUT2D eigenvalue weighted by Crippen LogP contribution is 2.44. The quantitative estimate of drug-likeness (QED) is 0.431. The van der Waals surface area contributed by atoms with E-state index in [1.54, 1.807) is 0 Å². The van der Waals surface area contributed by atoms with Gasteiger partial charge in [0.15, 0.2) is 9.84 Å². The van der Waals surface area contributed by atoms with E-state index in [0.29, 0.717) is 6.29 Å². The van der Waals surface area contributed by atoms with Gasteiger partial charge in [-0.2, -0.15) is 0 Å². The molecule has 2 rings (SSSR count). The van der Waals surface area contributed by atoms with Crippen molar-refractivity contribution >= 4 is 22.0 Å². The van der Waals surface area contributed by atoms with E-state index < -0.39 is 26.0 Å². The van der Waals surface area contributed by atoms with Gasteiger partial charge in [-0.05, 0) is 13.8 Å². The molecule has 0 radical (unpaired) electrons. The first-order chi connectivity index (χ1) is 6.34. The topological polar surface area (TPSA) is 71.5 Å². The zero-order chi connectivity index (χ0) is 10.7. The Labute approximate surface area is 82.0 Å². The van der Waals surface area contributed by atoms with Crippen LogP contribution in [-0.4, -0.2) is 41.7 Å². The molecule has 2 saturated heterocycles. The minimum Gasteiger partial charge on any atom is -0.314 e. The molecule has 0 bridgehead atoms. The summed E-state index contributed by atoms with van der Waals surface area (Å²) in [5.41, 5.74) is 0. The first-order valence-electron chi connectivity index (χ1n) is 4.34. The fraction of sp³-hybridized carbons (Fsp3) is 0.750. The van der Waals surface area contributed by atoms with Gasteiger partial charge >= 0.3 is 0 Å². The minimum absolute atomic E-state index is 0.0239. The van der Waals surface area contributed by atoms with Gasteiger partial charge in [0.2, 0.25) is 5.91 Å². The van der Waals surface area contributed by atoms with Crippen LogP contribution in [0.1, 0.15) is 20.3 Å². The lowest BCUT2D eigenvalue weighted by Gasteiger charge is -2.34. The zero-order valence-electron chi connectivity index (χ0n) is 7.93. The third kappa shape index (κ3) is 0.778. The molecule has 0 spiro atoms. The summed E-state index contributed by atoms with van der Waals surface area (Å²) < 4.78 is 22.5. The highest BCUT2D eigenvalue weighted by molar-refractivity contribution is 7.93. The second-order valence-electron chi connectivity index (χ2n) is 4.19. The first kappa shape index (κ1) is 9.64. The molecule has 78 valence electrons. The molecule has 0 aromatic carbocycles. The number of carbonyl (C=O) groups excluding carboxylic acids is 2. The molecule has 0 aromatic heterocycles. The summed E-state index contributed by atoms with van der Waals surface area (Å²) in [4.78, 5) is 23.1. The number of amides is 1. The van der Waals surface area contributed by atoms with Gasteiger partial charge in [0.05, 0.1) is 11.2 Å². The van der Waals surface area contributed by atoms with Crippen molar-refractivity contribution in [2.45, 2.75) is 36.4 Å². The van der Waals surface area contributed by atoms with Crippen molar-refractivity contribution in [2.75, 3.05) is 0 Å². The Bertz CT molecular complexity index is 411. The van der Waals surface area contributed by atoms with Crippen molar-refractivity contribution in [1.29, 1.82) is 0 Å². The van der Waals surface area contributed by atoms with E-state index in [2.05, 4.69) is 0 Å². The number of hydrogen-bond donors (Lipinski definition) is 0. The molecule has 0 unspecified atom stereocenters. The van der Waals surface area contributed by atoms with E-state index in [9.17, 15) is 18.0 Å². The van der Waals surface area contributed by atoms with E-state index in [1.807, 2.05) is 0 Å². The monoisotopic (exact) mass is 217 g/mol. The molecule has 0 aromatic rings. The van der Waals surface area contributed by atoms with Crippen LogP contribution in [0.2, 0.25) is 0 Å². The van der Waals surface area contributed by atoms with E-state index in [1.165, 1.54) is 18.7 Å². The summed E-state index contributed by atoms with van der Waals surface area (Å²) >= 11 is 0. The highest BCUT2D eigenvalue weighted by Gasteiger charge is 2.65. The van der Waals surface area contributed by atoms with Crippen molar-refractivity contribution in [2.24, 2.45) is 0 Å². The smallest absolute Gasteiger partial charge is 0.227 e. The third-order valence-electron chi connectivity index (χ3n) is 3.18. The summed E-state index contributed by atoms with van der Waals surface area (Å²) in [6.07, 6.45) is 0.574. The molecule has 5 nitrogen and oxygen atoms in total. The van der Waals surface area contributed by atoms with Crippen LogP contribution in [0.5, 0.6) is 0 Å². The zero-order valence-corrected chi connectivity index (χ0v) is 8.74. The van der Waals surface area contributed by atoms with Gasteiger partial charge < -0.3 is 9.69 Å². The molecule has 2 aliphatic heterocycles. The number of fused-ring (bicyclic) bond motifs is 1. The highest BCUT2D eigenvalue weighted by atomic mass is 32.2. The number of carbonyl (C=O) groups is 2. The normalized spacial score (nSPS) is 37.6. The number of rotatable bonds is 1. The predicted molar refractivity (Wildman–Crippen MR) is 48.1 cm³/mol. The summed E-state index contributed by atoms with van der Waals surface area (Å²) in [6.45, 7) is 2.99. The number of aldehydes is 1. The minimum atomic E-state index is -3.39. The average molecular weight is 217 g/mol. The Kier molecular flexibility index (Phi) is 1.63. The summed E-state index contributed by atoms with van der Waals surface area (Å²) in [7, 11) is -3.39. The standard InChI is InChI=1S/C8H11NO4S/c1-8(2)5(4-10)9-6(11)3-7(9)14(8,12)13/h4-5,7H,3H2,1-2H3/t5-,7+/m0/s1. The van der Waals surface area contributed by atoms with E-state index in [0.717, 1.165) is 0 Å². The van der Waals surface area contributed by atoms with Crippen LogP contribution in [-0.2, 0) is 19.4 Å². The fourth-order valence-corrected chi connectivity index (χ4v) is 4.19. The van der Waals surface area contributed by atoms with Crippen LogP contribution in [0.25, 0.3) is 0 Å². The van der Waals surface area contributed by atoms with E-state index in [4.69, 9.17) is 0 Å². The Morgan fingerprint density at radius 2 is 2.07 bits per heavy atom. The van der Waals surface area contributed by atoms with Crippen molar-refractivity contribution in [1.82, 2.24) is 4.90 Å². The maximum absolute atomic E-state index is 11.8. The van der Waals surface area contributed by atoms with Crippen LogP contribution >= 0.6 is 0 Å². The molecule has 2 heterocycles. The summed E-state index contributed by atoms with van der Waals surface area (Å²) in [5.74, 6) is -0.249. The van der Waals surface area contributed by atoms with Crippen molar-refractivity contribution in [3.8, 4) is 0 Å². The lowest BCUT2D eigenvalue weighted by Crippen LogP contribution is -2.54. The second kappa shape index (κ2) is 2.36. The SMILES string of the molecule is CC1(C)[C@H](C=O)N2C(=O)C[C@H]2S1(=O)=O.